The molecule has 3 nitrogen and oxygen atoms in total. The van der Waals surface area contributed by atoms with Gasteiger partial charge in [-0.15, -0.1) is 11.3 Å². The number of fused-ring (bicyclic) bond motifs is 1. The van der Waals surface area contributed by atoms with Crippen LogP contribution in [0.2, 0.25) is 0 Å². The van der Waals surface area contributed by atoms with Crippen molar-refractivity contribution < 1.29 is 0 Å². The predicted octanol–water partition coefficient (Wildman–Crippen LogP) is 3.14. The van der Waals surface area contributed by atoms with E-state index in [2.05, 4.69) is 52.6 Å². The summed E-state index contributed by atoms with van der Waals surface area (Å²) in [6, 6.07) is 12.9. The fraction of sp³-hybridized carbons (Fsp3) is 0.267. The van der Waals surface area contributed by atoms with Crippen LogP contribution < -0.4 is 5.32 Å². The molecule has 0 aliphatic carbocycles. The predicted molar refractivity (Wildman–Crippen MR) is 80.5 cm³/mol. The Bertz CT molecular complexity index is 670. The van der Waals surface area contributed by atoms with Crippen LogP contribution in [0.5, 0.6) is 0 Å². The van der Waals surface area contributed by atoms with Gasteiger partial charge >= 0.3 is 0 Å². The second-order valence-corrected chi connectivity index (χ2v) is 5.62. The summed E-state index contributed by atoms with van der Waals surface area (Å²) in [5.41, 5.74) is 2.26. The summed E-state index contributed by atoms with van der Waals surface area (Å²) in [5, 5.41) is 5.50. The number of likely N-dealkylation sites (N-methyl/N-ethyl adjacent to an activating group) is 1. The second kappa shape index (κ2) is 5.15. The highest BCUT2D eigenvalue weighted by Crippen LogP contribution is 2.24. The molecule has 0 radical (unpaired) electrons. The van der Waals surface area contributed by atoms with Gasteiger partial charge in [-0.25, -0.2) is 4.98 Å². The second-order valence-electron chi connectivity index (χ2n) is 4.64. The quantitative estimate of drug-likeness (QED) is 0.790. The Morgan fingerprint density at radius 2 is 2.11 bits per heavy atom. The van der Waals surface area contributed by atoms with E-state index in [-0.39, 0.29) is 0 Å². The molecule has 3 aromatic rings. The van der Waals surface area contributed by atoms with E-state index < -0.39 is 0 Å². The molecule has 1 aromatic carbocycles. The molecule has 0 saturated carbocycles. The molecule has 2 heterocycles. The number of imidazole rings is 1. The van der Waals surface area contributed by atoms with Crippen LogP contribution in [0.3, 0.4) is 0 Å². The average molecular weight is 271 g/mol. The van der Waals surface area contributed by atoms with Crippen molar-refractivity contribution in [2.24, 2.45) is 7.05 Å². The fourth-order valence-electron chi connectivity index (χ4n) is 2.40. The molecule has 0 saturated heterocycles. The van der Waals surface area contributed by atoms with E-state index in [1.165, 1.54) is 10.4 Å². The number of aromatic nitrogens is 2. The first-order valence-electron chi connectivity index (χ1n) is 6.40. The van der Waals surface area contributed by atoms with Crippen molar-refractivity contribution in [3.63, 3.8) is 0 Å². The van der Waals surface area contributed by atoms with E-state index in [9.17, 15) is 0 Å². The van der Waals surface area contributed by atoms with Gasteiger partial charge in [-0.3, -0.25) is 0 Å². The molecule has 1 N–H and O–H groups in total. The minimum Gasteiger partial charge on any atom is -0.331 e. The molecular weight excluding hydrogens is 254 g/mol. The lowest BCUT2D eigenvalue weighted by Gasteiger charge is -2.14. The lowest BCUT2D eigenvalue weighted by molar-refractivity contribution is 0.574. The number of para-hydroxylation sites is 2. The summed E-state index contributed by atoms with van der Waals surface area (Å²) in [6.07, 6.45) is 0.905. The highest BCUT2D eigenvalue weighted by atomic mass is 32.1. The van der Waals surface area contributed by atoms with E-state index in [4.69, 9.17) is 4.98 Å². The number of aryl methyl sites for hydroxylation is 1. The van der Waals surface area contributed by atoms with Crippen LogP contribution >= 0.6 is 11.3 Å². The zero-order valence-electron chi connectivity index (χ0n) is 11.1. The summed E-state index contributed by atoms with van der Waals surface area (Å²) >= 11 is 1.79. The van der Waals surface area contributed by atoms with Crippen LogP contribution in [0, 0.1) is 0 Å². The topological polar surface area (TPSA) is 29.9 Å². The van der Waals surface area contributed by atoms with E-state index >= 15 is 0 Å². The number of rotatable bonds is 4. The molecule has 0 bridgehead atoms. The molecule has 0 aliphatic rings. The first kappa shape index (κ1) is 12.4. The largest absolute Gasteiger partial charge is 0.331 e. The Morgan fingerprint density at radius 3 is 2.79 bits per heavy atom. The normalized spacial score (nSPS) is 12.9. The molecule has 0 aliphatic heterocycles. The van der Waals surface area contributed by atoms with Gasteiger partial charge in [0.1, 0.15) is 5.82 Å². The van der Waals surface area contributed by atoms with Gasteiger partial charge in [0.25, 0.3) is 0 Å². The molecule has 1 atom stereocenters. The third-order valence-electron chi connectivity index (χ3n) is 3.50. The van der Waals surface area contributed by atoms with Crippen molar-refractivity contribution in [2.75, 3.05) is 7.05 Å². The maximum atomic E-state index is 4.74. The molecule has 2 aromatic heterocycles. The van der Waals surface area contributed by atoms with Crippen LogP contribution in [0.15, 0.2) is 41.8 Å². The molecule has 98 valence electrons. The number of hydrogen-bond donors (Lipinski definition) is 1. The first-order chi connectivity index (χ1) is 9.29. The zero-order chi connectivity index (χ0) is 13.2. The molecule has 4 heteroatoms. The Kier molecular flexibility index (Phi) is 3.36. The fourth-order valence-corrected chi connectivity index (χ4v) is 3.23. The van der Waals surface area contributed by atoms with Gasteiger partial charge in [-0.2, -0.15) is 0 Å². The molecule has 3 rings (SSSR count). The first-order valence-corrected chi connectivity index (χ1v) is 7.28. The van der Waals surface area contributed by atoms with E-state index in [0.29, 0.717) is 6.04 Å². The average Bonchev–Trinajstić information content (AvgIpc) is 3.06. The van der Waals surface area contributed by atoms with Crippen molar-refractivity contribution in [1.29, 1.82) is 0 Å². The summed E-state index contributed by atoms with van der Waals surface area (Å²) in [4.78, 5) is 6.09. The summed E-state index contributed by atoms with van der Waals surface area (Å²) in [5.74, 6) is 1.12. The molecule has 0 spiro atoms. The zero-order valence-corrected chi connectivity index (χ0v) is 11.9. The Morgan fingerprint density at radius 1 is 1.26 bits per heavy atom. The molecule has 1 unspecified atom stereocenters. The monoisotopic (exact) mass is 271 g/mol. The highest BCUT2D eigenvalue weighted by molar-refractivity contribution is 7.10. The summed E-state index contributed by atoms with van der Waals surface area (Å²) in [7, 11) is 4.10. The van der Waals surface area contributed by atoms with Crippen molar-refractivity contribution in [3.05, 3.63) is 52.5 Å². The number of nitrogens with zero attached hydrogens (tertiary/aromatic N) is 2. The van der Waals surface area contributed by atoms with Crippen molar-refractivity contribution in [2.45, 2.75) is 12.5 Å². The van der Waals surface area contributed by atoms with Gasteiger partial charge < -0.3 is 9.88 Å². The molecular formula is C15H17N3S. The van der Waals surface area contributed by atoms with Crippen LogP contribution in [0.4, 0.5) is 0 Å². The SMILES string of the molecule is CNC(Cc1nc2ccccc2n1C)c1cccs1. The Balaban J connectivity index is 1.94. The minimum atomic E-state index is 0.329. The smallest absolute Gasteiger partial charge is 0.111 e. The standard InChI is InChI=1S/C15H17N3S/c1-16-12(14-8-5-9-19-14)10-15-17-11-6-3-4-7-13(11)18(15)2/h3-9,12,16H,10H2,1-2H3. The van der Waals surface area contributed by atoms with Gasteiger partial charge in [0.2, 0.25) is 0 Å². The van der Waals surface area contributed by atoms with Crippen LogP contribution in [-0.2, 0) is 13.5 Å². The van der Waals surface area contributed by atoms with Gasteiger partial charge in [0.05, 0.1) is 11.0 Å². The van der Waals surface area contributed by atoms with Crippen LogP contribution in [0.1, 0.15) is 16.7 Å². The van der Waals surface area contributed by atoms with Gasteiger partial charge in [-0.1, -0.05) is 18.2 Å². The number of nitrogens with one attached hydrogen (secondary N) is 1. The van der Waals surface area contributed by atoms with Crippen molar-refractivity contribution in [3.8, 4) is 0 Å². The Labute approximate surface area is 116 Å². The molecule has 0 amide bonds. The lowest BCUT2D eigenvalue weighted by atomic mass is 10.1. The van der Waals surface area contributed by atoms with Gasteiger partial charge in [0.15, 0.2) is 0 Å². The Hall–Kier alpha value is -1.65. The number of benzene rings is 1. The summed E-state index contributed by atoms with van der Waals surface area (Å²) in [6.45, 7) is 0. The van der Waals surface area contributed by atoms with E-state index in [1.54, 1.807) is 11.3 Å². The molecule has 19 heavy (non-hydrogen) atoms. The van der Waals surface area contributed by atoms with Crippen LogP contribution in [-0.4, -0.2) is 16.6 Å². The summed E-state index contributed by atoms with van der Waals surface area (Å²) < 4.78 is 2.19. The lowest BCUT2D eigenvalue weighted by Crippen LogP contribution is -2.19. The number of thiophene rings is 1. The van der Waals surface area contributed by atoms with Crippen molar-refractivity contribution in [1.82, 2.24) is 14.9 Å². The van der Waals surface area contributed by atoms with Gasteiger partial charge in [0, 0.05) is 24.4 Å². The van der Waals surface area contributed by atoms with Crippen LogP contribution in [0.25, 0.3) is 11.0 Å². The highest BCUT2D eigenvalue weighted by Gasteiger charge is 2.15. The minimum absolute atomic E-state index is 0.329. The van der Waals surface area contributed by atoms with E-state index in [0.717, 1.165) is 17.8 Å². The third kappa shape index (κ3) is 2.29. The maximum absolute atomic E-state index is 4.74. The van der Waals surface area contributed by atoms with Crippen molar-refractivity contribution >= 4 is 22.4 Å². The van der Waals surface area contributed by atoms with E-state index in [1.807, 2.05) is 13.1 Å². The number of hydrogen-bond acceptors (Lipinski definition) is 3. The molecule has 0 fully saturated rings. The third-order valence-corrected chi connectivity index (χ3v) is 4.49. The maximum Gasteiger partial charge on any atom is 0.111 e. The van der Waals surface area contributed by atoms with Gasteiger partial charge in [-0.05, 0) is 30.6 Å².